The van der Waals surface area contributed by atoms with Gasteiger partial charge >= 0.3 is 0 Å². The Morgan fingerprint density at radius 2 is 2.39 bits per heavy atom. The van der Waals surface area contributed by atoms with Crippen LogP contribution in [-0.4, -0.2) is 44.7 Å². The molecule has 0 saturated carbocycles. The third-order valence-corrected chi connectivity index (χ3v) is 4.08. The Morgan fingerprint density at radius 1 is 1.61 bits per heavy atom. The maximum atomic E-state index is 11.7. The number of carbonyl (C=O) groups is 1. The molecule has 1 aromatic rings. The molecule has 4 nitrogen and oxygen atoms in total. The molecule has 1 N–H and O–H groups in total. The minimum atomic E-state index is 0.0550. The molecule has 1 heterocycles. The molecule has 0 aliphatic heterocycles. The first-order valence-electron chi connectivity index (χ1n) is 5.79. The van der Waals surface area contributed by atoms with Gasteiger partial charge in [0.15, 0.2) is 0 Å². The first kappa shape index (κ1) is 15.6. The Bertz CT molecular complexity index is 371. The minimum absolute atomic E-state index is 0.0550. The number of rotatable bonds is 8. The number of hydrogen-bond donors (Lipinski definition) is 1. The van der Waals surface area contributed by atoms with Crippen LogP contribution in [0.5, 0.6) is 0 Å². The second-order valence-corrected chi connectivity index (χ2v) is 6.00. The molecule has 0 atom stereocenters. The molecule has 0 aromatic carbocycles. The highest BCUT2D eigenvalue weighted by molar-refractivity contribution is 9.10. The molecule has 18 heavy (non-hydrogen) atoms. The number of hydrogen-bond acceptors (Lipinski definition) is 4. The van der Waals surface area contributed by atoms with Crippen molar-refractivity contribution < 1.29 is 9.53 Å². The number of nitrogens with zero attached hydrogens (tertiary/aromatic N) is 1. The fraction of sp³-hybridized carbons (Fsp3) is 0.583. The van der Waals surface area contributed by atoms with Crippen molar-refractivity contribution in [3.05, 3.63) is 20.8 Å². The van der Waals surface area contributed by atoms with Crippen LogP contribution in [-0.2, 0) is 16.1 Å². The summed E-state index contributed by atoms with van der Waals surface area (Å²) in [4.78, 5) is 14.8. The largest absolute Gasteiger partial charge is 0.385 e. The van der Waals surface area contributed by atoms with Gasteiger partial charge in [-0.3, -0.25) is 9.69 Å². The van der Waals surface area contributed by atoms with Gasteiger partial charge < -0.3 is 10.1 Å². The van der Waals surface area contributed by atoms with E-state index >= 15 is 0 Å². The number of methoxy groups -OCH3 is 1. The fourth-order valence-electron chi connectivity index (χ4n) is 1.49. The van der Waals surface area contributed by atoms with Crippen LogP contribution in [0.2, 0.25) is 0 Å². The molecule has 0 unspecified atom stereocenters. The summed E-state index contributed by atoms with van der Waals surface area (Å²) in [5.41, 5.74) is 0. The Kier molecular flexibility index (Phi) is 7.50. The Hall–Kier alpha value is -0.430. The summed E-state index contributed by atoms with van der Waals surface area (Å²) in [5, 5.41) is 4.92. The number of nitrogens with one attached hydrogen (secondary N) is 1. The van der Waals surface area contributed by atoms with E-state index in [0.717, 1.165) is 28.9 Å². The quantitative estimate of drug-likeness (QED) is 0.740. The Morgan fingerprint density at radius 3 is 3.00 bits per heavy atom. The summed E-state index contributed by atoms with van der Waals surface area (Å²) in [5.74, 6) is 0.0550. The average Bonchev–Trinajstić information content (AvgIpc) is 2.73. The molecular weight excluding hydrogens is 316 g/mol. The van der Waals surface area contributed by atoms with Crippen molar-refractivity contribution >= 4 is 33.2 Å². The summed E-state index contributed by atoms with van der Waals surface area (Å²) in [6.45, 7) is 2.62. The second-order valence-electron chi connectivity index (χ2n) is 4.09. The number of ether oxygens (including phenoxy) is 1. The normalized spacial score (nSPS) is 10.9. The van der Waals surface area contributed by atoms with Gasteiger partial charge in [-0.25, -0.2) is 0 Å². The van der Waals surface area contributed by atoms with E-state index in [4.69, 9.17) is 4.74 Å². The maximum Gasteiger partial charge on any atom is 0.234 e. The van der Waals surface area contributed by atoms with Crippen LogP contribution >= 0.6 is 27.3 Å². The van der Waals surface area contributed by atoms with Gasteiger partial charge in [0.25, 0.3) is 0 Å². The van der Waals surface area contributed by atoms with E-state index in [1.807, 2.05) is 23.4 Å². The number of thiophene rings is 1. The third kappa shape index (κ3) is 6.49. The van der Waals surface area contributed by atoms with E-state index in [1.165, 1.54) is 0 Å². The lowest BCUT2D eigenvalue weighted by atomic mass is 10.4. The summed E-state index contributed by atoms with van der Waals surface area (Å²) < 4.78 is 6.04. The molecule has 102 valence electrons. The summed E-state index contributed by atoms with van der Waals surface area (Å²) >= 11 is 5.03. The monoisotopic (exact) mass is 334 g/mol. The van der Waals surface area contributed by atoms with E-state index in [-0.39, 0.29) is 5.91 Å². The zero-order valence-electron chi connectivity index (χ0n) is 10.7. The van der Waals surface area contributed by atoms with Crippen molar-refractivity contribution in [3.63, 3.8) is 0 Å². The van der Waals surface area contributed by atoms with Crippen molar-refractivity contribution in [2.24, 2.45) is 0 Å². The summed E-state index contributed by atoms with van der Waals surface area (Å²) in [7, 11) is 3.63. The molecule has 1 aromatic heterocycles. The van der Waals surface area contributed by atoms with Crippen molar-refractivity contribution in [3.8, 4) is 0 Å². The minimum Gasteiger partial charge on any atom is -0.385 e. The smallest absolute Gasteiger partial charge is 0.234 e. The molecule has 0 saturated heterocycles. The van der Waals surface area contributed by atoms with Gasteiger partial charge in [0.2, 0.25) is 5.91 Å². The predicted molar refractivity (Wildman–Crippen MR) is 77.9 cm³/mol. The first-order chi connectivity index (χ1) is 8.61. The van der Waals surface area contributed by atoms with E-state index in [9.17, 15) is 4.79 Å². The predicted octanol–water partition coefficient (Wildman–Crippen LogP) is 2.10. The van der Waals surface area contributed by atoms with Crippen LogP contribution in [0.15, 0.2) is 15.9 Å². The van der Waals surface area contributed by atoms with E-state index in [0.29, 0.717) is 13.1 Å². The molecule has 0 aliphatic carbocycles. The number of halogens is 1. The maximum absolute atomic E-state index is 11.7. The number of carbonyl (C=O) groups excluding carboxylic acids is 1. The topological polar surface area (TPSA) is 41.6 Å². The lowest BCUT2D eigenvalue weighted by Gasteiger charge is -2.15. The van der Waals surface area contributed by atoms with Gasteiger partial charge in [-0.2, -0.15) is 0 Å². The Labute approximate surface area is 120 Å². The van der Waals surface area contributed by atoms with E-state index in [2.05, 4.69) is 21.2 Å². The van der Waals surface area contributed by atoms with Gasteiger partial charge in [-0.15, -0.1) is 11.3 Å². The number of likely N-dealkylation sites (N-methyl/N-ethyl adjacent to an activating group) is 1. The van der Waals surface area contributed by atoms with Gasteiger partial charge in [0, 0.05) is 35.0 Å². The van der Waals surface area contributed by atoms with Crippen LogP contribution in [0.4, 0.5) is 0 Å². The number of amides is 1. The zero-order chi connectivity index (χ0) is 13.4. The molecule has 0 aliphatic rings. The van der Waals surface area contributed by atoms with E-state index < -0.39 is 0 Å². The highest BCUT2D eigenvalue weighted by atomic mass is 79.9. The van der Waals surface area contributed by atoms with Crippen molar-refractivity contribution in [1.82, 2.24) is 10.2 Å². The Balaban J connectivity index is 2.16. The molecule has 1 amide bonds. The van der Waals surface area contributed by atoms with Gasteiger partial charge in [-0.1, -0.05) is 0 Å². The average molecular weight is 335 g/mol. The second kappa shape index (κ2) is 8.63. The standard InChI is InChI=1S/C12H19BrN2O2S/c1-15(4-3-5-17-2)8-12(16)14-7-11-6-10(13)9-18-11/h6,9H,3-5,7-8H2,1-2H3,(H,14,16). The summed E-state index contributed by atoms with van der Waals surface area (Å²) in [6.07, 6.45) is 0.943. The molecule has 6 heteroatoms. The van der Waals surface area contributed by atoms with E-state index in [1.54, 1.807) is 18.4 Å². The fourth-order valence-corrected chi connectivity index (χ4v) is 2.88. The lowest BCUT2D eigenvalue weighted by molar-refractivity contribution is -0.122. The zero-order valence-corrected chi connectivity index (χ0v) is 13.1. The molecule has 0 bridgehead atoms. The van der Waals surface area contributed by atoms with Gasteiger partial charge in [0.05, 0.1) is 13.1 Å². The first-order valence-corrected chi connectivity index (χ1v) is 7.46. The summed E-state index contributed by atoms with van der Waals surface area (Å²) in [6, 6.07) is 2.02. The van der Waals surface area contributed by atoms with Crippen LogP contribution in [0, 0.1) is 0 Å². The van der Waals surface area contributed by atoms with Crippen molar-refractivity contribution in [2.75, 3.05) is 33.9 Å². The highest BCUT2D eigenvalue weighted by Crippen LogP contribution is 2.19. The van der Waals surface area contributed by atoms with Crippen LogP contribution in [0.1, 0.15) is 11.3 Å². The van der Waals surface area contributed by atoms with Crippen molar-refractivity contribution in [1.29, 1.82) is 0 Å². The van der Waals surface area contributed by atoms with Crippen LogP contribution < -0.4 is 5.32 Å². The molecule has 1 rings (SSSR count). The molecule has 0 spiro atoms. The molecule has 0 fully saturated rings. The SMILES string of the molecule is COCCCN(C)CC(=O)NCc1cc(Br)cs1. The van der Waals surface area contributed by atoms with Crippen LogP contribution in [0.25, 0.3) is 0 Å². The lowest BCUT2D eigenvalue weighted by Crippen LogP contribution is -2.35. The molecular formula is C12H19BrN2O2S. The van der Waals surface area contributed by atoms with Gasteiger partial charge in [0.1, 0.15) is 0 Å². The van der Waals surface area contributed by atoms with Crippen LogP contribution in [0.3, 0.4) is 0 Å². The third-order valence-electron chi connectivity index (χ3n) is 2.38. The molecule has 0 radical (unpaired) electrons. The highest BCUT2D eigenvalue weighted by Gasteiger charge is 2.06. The van der Waals surface area contributed by atoms with Crippen molar-refractivity contribution in [2.45, 2.75) is 13.0 Å². The van der Waals surface area contributed by atoms with Gasteiger partial charge in [-0.05, 0) is 35.5 Å².